The number of rotatable bonds is 8. The van der Waals surface area contributed by atoms with Crippen LogP contribution in [0.2, 0.25) is 0 Å². The van der Waals surface area contributed by atoms with E-state index in [4.69, 9.17) is 0 Å². The van der Waals surface area contributed by atoms with Gasteiger partial charge in [0.05, 0.1) is 6.04 Å². The van der Waals surface area contributed by atoms with Crippen LogP contribution in [-0.2, 0) is 11.3 Å². The van der Waals surface area contributed by atoms with Crippen LogP contribution in [0.1, 0.15) is 39.7 Å². The van der Waals surface area contributed by atoms with Crippen LogP contribution in [0.3, 0.4) is 0 Å². The average molecular weight is 328 g/mol. The molecule has 0 heterocycles. The third kappa shape index (κ3) is 6.52. The molecule has 1 N–H and O–H groups in total. The number of benzene rings is 1. The van der Waals surface area contributed by atoms with Gasteiger partial charge in [0, 0.05) is 12.1 Å². The third-order valence-corrected chi connectivity index (χ3v) is 3.97. The van der Waals surface area contributed by atoms with Gasteiger partial charge in [0.2, 0.25) is 5.91 Å². The second kappa shape index (κ2) is 8.24. The number of carbonyl (C=O) groups is 1. The Hall–Kier alpha value is -1.69. The Morgan fingerprint density at radius 2 is 1.87 bits per heavy atom. The molecule has 1 rings (SSSR count). The van der Waals surface area contributed by atoms with Crippen molar-refractivity contribution in [3.63, 3.8) is 0 Å². The normalized spacial score (nSPS) is 13.3. The summed E-state index contributed by atoms with van der Waals surface area (Å²) in [6.45, 7) is 5.55. The lowest BCUT2D eigenvalue weighted by atomic mass is 10.0. The highest BCUT2D eigenvalue weighted by molar-refractivity contribution is 5.81. The fourth-order valence-corrected chi connectivity index (χ4v) is 1.93. The van der Waals surface area contributed by atoms with Gasteiger partial charge in [-0.1, -0.05) is 19.1 Å². The molecule has 0 aliphatic rings. The van der Waals surface area contributed by atoms with Crippen LogP contribution in [0.15, 0.2) is 24.3 Å². The minimum Gasteiger partial charge on any atom is -0.435 e. The molecule has 0 saturated heterocycles. The first-order chi connectivity index (χ1) is 10.6. The summed E-state index contributed by atoms with van der Waals surface area (Å²) in [7, 11) is 1.85. The van der Waals surface area contributed by atoms with Gasteiger partial charge in [0.25, 0.3) is 0 Å². The number of nitrogens with one attached hydrogen (secondary N) is 1. The molecule has 130 valence electrons. The predicted molar refractivity (Wildman–Crippen MR) is 86.5 cm³/mol. The van der Waals surface area contributed by atoms with Gasteiger partial charge in [0.15, 0.2) is 0 Å². The van der Waals surface area contributed by atoms with Gasteiger partial charge in [-0.25, -0.2) is 0 Å². The van der Waals surface area contributed by atoms with E-state index in [2.05, 4.69) is 10.1 Å². The van der Waals surface area contributed by atoms with E-state index in [1.807, 2.05) is 39.6 Å². The van der Waals surface area contributed by atoms with E-state index in [-0.39, 0.29) is 23.2 Å². The van der Waals surface area contributed by atoms with Crippen molar-refractivity contribution in [2.45, 2.75) is 58.9 Å². The second-order valence-corrected chi connectivity index (χ2v) is 6.34. The number of hydrogen-bond acceptors (Lipinski definition) is 3. The monoisotopic (exact) mass is 328 g/mol. The first-order valence-corrected chi connectivity index (χ1v) is 7.70. The molecule has 6 heteroatoms. The highest BCUT2D eigenvalue weighted by atomic mass is 19.3. The summed E-state index contributed by atoms with van der Waals surface area (Å²) in [5.74, 6) is 0.0962. The molecule has 1 aromatic carbocycles. The summed E-state index contributed by atoms with van der Waals surface area (Å²) in [5, 5.41) is 3.02. The number of amides is 1. The Kier molecular flexibility index (Phi) is 6.94. The van der Waals surface area contributed by atoms with Crippen LogP contribution < -0.4 is 10.1 Å². The Morgan fingerprint density at radius 3 is 2.35 bits per heavy atom. The van der Waals surface area contributed by atoms with Gasteiger partial charge in [-0.3, -0.25) is 9.69 Å². The number of likely N-dealkylation sites (N-methyl/N-ethyl adjacent to an activating group) is 1. The Labute approximate surface area is 136 Å². The average Bonchev–Trinajstić information content (AvgIpc) is 2.47. The number of halogens is 2. The number of hydrogen-bond donors (Lipinski definition) is 1. The number of ether oxygens (including phenoxy) is 1. The first-order valence-electron chi connectivity index (χ1n) is 7.70. The number of carbonyl (C=O) groups excluding carboxylic acids is 1. The zero-order valence-corrected chi connectivity index (χ0v) is 14.4. The van der Waals surface area contributed by atoms with Gasteiger partial charge in [-0.2, -0.15) is 8.78 Å². The molecule has 1 amide bonds. The highest BCUT2D eigenvalue weighted by Crippen LogP contribution is 2.16. The fraction of sp³-hybridized carbons (Fsp3) is 0.588. The van der Waals surface area contributed by atoms with E-state index >= 15 is 0 Å². The highest BCUT2D eigenvalue weighted by Gasteiger charge is 2.24. The minimum absolute atomic E-state index is 0.0306. The molecular weight excluding hydrogens is 302 g/mol. The molecule has 0 aliphatic carbocycles. The summed E-state index contributed by atoms with van der Waals surface area (Å²) >= 11 is 0. The second-order valence-electron chi connectivity index (χ2n) is 6.34. The number of nitrogens with zero attached hydrogens (tertiary/aromatic N) is 1. The van der Waals surface area contributed by atoms with E-state index < -0.39 is 6.61 Å². The molecule has 1 atom stereocenters. The number of alkyl halides is 2. The maximum Gasteiger partial charge on any atom is 0.387 e. The zero-order chi connectivity index (χ0) is 17.6. The lowest BCUT2D eigenvalue weighted by molar-refractivity contribution is -0.127. The summed E-state index contributed by atoms with van der Waals surface area (Å²) in [6, 6.07) is 6.14. The van der Waals surface area contributed by atoms with Gasteiger partial charge >= 0.3 is 6.61 Å². The van der Waals surface area contributed by atoms with Crippen molar-refractivity contribution in [1.29, 1.82) is 0 Å². The van der Waals surface area contributed by atoms with Crippen LogP contribution in [0, 0.1) is 0 Å². The lowest BCUT2D eigenvalue weighted by Crippen LogP contribution is -2.50. The standard InChI is InChI=1S/C17H26F2N2O2/c1-6-17(3,4)20-15(22)12(2)21(5)11-13-7-9-14(10-8-13)23-16(18)19/h7-10,12,16H,6,11H2,1-5H3,(H,20,22). The quantitative estimate of drug-likeness (QED) is 0.795. The molecule has 23 heavy (non-hydrogen) atoms. The molecule has 1 aromatic rings. The van der Waals surface area contributed by atoms with E-state index in [0.717, 1.165) is 12.0 Å². The van der Waals surface area contributed by atoms with Crippen molar-refractivity contribution in [3.05, 3.63) is 29.8 Å². The Balaban J connectivity index is 2.60. The molecular formula is C17H26F2N2O2. The van der Waals surface area contributed by atoms with E-state index in [9.17, 15) is 13.6 Å². The van der Waals surface area contributed by atoms with Crippen molar-refractivity contribution >= 4 is 5.91 Å². The summed E-state index contributed by atoms with van der Waals surface area (Å²) in [5.41, 5.74) is 0.684. The van der Waals surface area contributed by atoms with Crippen LogP contribution in [0.25, 0.3) is 0 Å². The van der Waals surface area contributed by atoms with Crippen molar-refractivity contribution in [2.24, 2.45) is 0 Å². The van der Waals surface area contributed by atoms with Crippen molar-refractivity contribution < 1.29 is 18.3 Å². The SMILES string of the molecule is CCC(C)(C)NC(=O)C(C)N(C)Cc1ccc(OC(F)F)cc1. The van der Waals surface area contributed by atoms with Gasteiger partial charge in [0.1, 0.15) is 5.75 Å². The summed E-state index contributed by atoms with van der Waals surface area (Å²) in [4.78, 5) is 14.2. The smallest absolute Gasteiger partial charge is 0.387 e. The van der Waals surface area contributed by atoms with Crippen molar-refractivity contribution in [3.8, 4) is 5.75 Å². The zero-order valence-electron chi connectivity index (χ0n) is 14.4. The summed E-state index contributed by atoms with van der Waals surface area (Å²) < 4.78 is 28.5. The van der Waals surface area contributed by atoms with E-state index in [1.54, 1.807) is 12.1 Å². The molecule has 0 aliphatic heterocycles. The van der Waals surface area contributed by atoms with Crippen molar-refractivity contribution in [2.75, 3.05) is 7.05 Å². The van der Waals surface area contributed by atoms with E-state index in [0.29, 0.717) is 6.54 Å². The van der Waals surface area contributed by atoms with Crippen LogP contribution in [0.4, 0.5) is 8.78 Å². The van der Waals surface area contributed by atoms with Gasteiger partial charge < -0.3 is 10.1 Å². The Morgan fingerprint density at radius 1 is 1.30 bits per heavy atom. The fourth-order valence-electron chi connectivity index (χ4n) is 1.93. The molecule has 0 saturated carbocycles. The molecule has 0 spiro atoms. The van der Waals surface area contributed by atoms with E-state index in [1.165, 1.54) is 12.1 Å². The molecule has 0 fully saturated rings. The Bertz CT molecular complexity index is 504. The third-order valence-electron chi connectivity index (χ3n) is 3.97. The maximum atomic E-state index is 12.3. The van der Waals surface area contributed by atoms with Gasteiger partial charge in [-0.15, -0.1) is 0 Å². The molecule has 0 aromatic heterocycles. The van der Waals surface area contributed by atoms with Gasteiger partial charge in [-0.05, 0) is 51.9 Å². The summed E-state index contributed by atoms with van der Waals surface area (Å²) in [6.07, 6.45) is 0.848. The molecule has 4 nitrogen and oxygen atoms in total. The minimum atomic E-state index is -2.82. The largest absolute Gasteiger partial charge is 0.435 e. The molecule has 1 unspecified atom stereocenters. The lowest BCUT2D eigenvalue weighted by Gasteiger charge is -2.30. The van der Waals surface area contributed by atoms with Crippen LogP contribution >= 0.6 is 0 Å². The topological polar surface area (TPSA) is 41.6 Å². The molecule has 0 radical (unpaired) electrons. The van der Waals surface area contributed by atoms with Crippen LogP contribution in [0.5, 0.6) is 5.75 Å². The maximum absolute atomic E-state index is 12.3. The van der Waals surface area contributed by atoms with Crippen LogP contribution in [-0.4, -0.2) is 36.0 Å². The first kappa shape index (κ1) is 19.4. The predicted octanol–water partition coefficient (Wildman–Crippen LogP) is 3.41. The molecule has 0 bridgehead atoms. The van der Waals surface area contributed by atoms with Crippen molar-refractivity contribution in [1.82, 2.24) is 10.2 Å².